The number of methoxy groups -OCH3 is 1. The average molecular weight is 242 g/mol. The zero-order valence-corrected chi connectivity index (χ0v) is 10.6. The van der Waals surface area contributed by atoms with Crippen molar-refractivity contribution in [1.82, 2.24) is 4.90 Å². The molecule has 2 aromatic carbocycles. The van der Waals surface area contributed by atoms with Gasteiger partial charge in [-0.1, -0.05) is 30.3 Å². The molecule has 0 amide bonds. The van der Waals surface area contributed by atoms with Crippen LogP contribution in [0.1, 0.15) is 5.56 Å². The van der Waals surface area contributed by atoms with Crippen LogP contribution in [-0.2, 0) is 6.54 Å². The minimum Gasteiger partial charge on any atom is -0.496 e. The van der Waals surface area contributed by atoms with E-state index in [1.165, 1.54) is 16.3 Å². The number of fused-ring (bicyclic) bond motifs is 1. The summed E-state index contributed by atoms with van der Waals surface area (Å²) in [6, 6.07) is 12.9. The van der Waals surface area contributed by atoms with Gasteiger partial charge in [-0.05, 0) is 16.8 Å². The molecule has 1 heterocycles. The Bertz CT molecular complexity index is 561. The molecule has 0 aliphatic carbocycles. The Morgan fingerprint density at radius 1 is 1.22 bits per heavy atom. The van der Waals surface area contributed by atoms with Crippen molar-refractivity contribution in [1.29, 1.82) is 0 Å². The molecule has 1 fully saturated rings. The van der Waals surface area contributed by atoms with Gasteiger partial charge in [-0.3, -0.25) is 4.90 Å². The summed E-state index contributed by atoms with van der Waals surface area (Å²) in [6.45, 7) is 2.87. The highest BCUT2D eigenvalue weighted by Crippen LogP contribution is 2.30. The Morgan fingerprint density at radius 3 is 2.72 bits per heavy atom. The molecule has 1 aliphatic rings. The lowest BCUT2D eigenvalue weighted by molar-refractivity contribution is 0.141. The molecule has 2 aromatic rings. The molecule has 0 saturated carbocycles. The number of nitrogens with zero attached hydrogens (tertiary/aromatic N) is 1. The van der Waals surface area contributed by atoms with Crippen LogP contribution >= 0.6 is 0 Å². The molecule has 0 atom stereocenters. The van der Waals surface area contributed by atoms with Gasteiger partial charge in [0.2, 0.25) is 0 Å². The van der Waals surface area contributed by atoms with Gasteiger partial charge in [0.25, 0.3) is 0 Å². The maximum atomic E-state index is 5.83. The first kappa shape index (κ1) is 11.5. The highest BCUT2D eigenvalue weighted by molar-refractivity contribution is 5.87. The van der Waals surface area contributed by atoms with Crippen molar-refractivity contribution in [2.24, 2.45) is 5.73 Å². The third-order valence-electron chi connectivity index (χ3n) is 3.58. The third-order valence-corrected chi connectivity index (χ3v) is 3.58. The SMILES string of the molecule is COc1ccc2ccccc2c1CN1CC(N)C1. The van der Waals surface area contributed by atoms with E-state index in [4.69, 9.17) is 10.5 Å². The van der Waals surface area contributed by atoms with E-state index in [0.29, 0.717) is 6.04 Å². The van der Waals surface area contributed by atoms with Crippen molar-refractivity contribution in [3.8, 4) is 5.75 Å². The second kappa shape index (κ2) is 4.59. The number of hydrogen-bond donors (Lipinski definition) is 1. The molecule has 1 saturated heterocycles. The molecule has 1 aliphatic heterocycles. The van der Waals surface area contributed by atoms with Gasteiger partial charge in [0.15, 0.2) is 0 Å². The van der Waals surface area contributed by atoms with E-state index >= 15 is 0 Å². The molecule has 2 N–H and O–H groups in total. The van der Waals surface area contributed by atoms with Gasteiger partial charge >= 0.3 is 0 Å². The zero-order chi connectivity index (χ0) is 12.5. The molecule has 0 spiro atoms. The summed E-state index contributed by atoms with van der Waals surface area (Å²) in [4.78, 5) is 2.36. The third kappa shape index (κ3) is 1.96. The van der Waals surface area contributed by atoms with Crippen LogP contribution in [0.4, 0.5) is 0 Å². The Kier molecular flexibility index (Phi) is 2.94. The highest BCUT2D eigenvalue weighted by atomic mass is 16.5. The summed E-state index contributed by atoms with van der Waals surface area (Å²) in [6.07, 6.45) is 0. The van der Waals surface area contributed by atoms with Crippen molar-refractivity contribution >= 4 is 10.8 Å². The van der Waals surface area contributed by atoms with E-state index in [-0.39, 0.29) is 0 Å². The Labute approximate surface area is 107 Å². The maximum Gasteiger partial charge on any atom is 0.123 e. The van der Waals surface area contributed by atoms with Crippen molar-refractivity contribution < 1.29 is 4.74 Å². The fourth-order valence-corrected chi connectivity index (χ4v) is 2.63. The molecule has 3 nitrogen and oxygen atoms in total. The van der Waals surface area contributed by atoms with E-state index in [2.05, 4.69) is 41.3 Å². The number of benzene rings is 2. The second-order valence-electron chi connectivity index (χ2n) is 4.92. The summed E-state index contributed by atoms with van der Waals surface area (Å²) >= 11 is 0. The van der Waals surface area contributed by atoms with Gasteiger partial charge in [-0.25, -0.2) is 0 Å². The number of hydrogen-bond acceptors (Lipinski definition) is 3. The van der Waals surface area contributed by atoms with Crippen molar-refractivity contribution in [3.05, 3.63) is 42.0 Å². The van der Waals surface area contributed by atoms with E-state index in [1.807, 2.05) is 0 Å². The van der Waals surface area contributed by atoms with Crippen molar-refractivity contribution in [2.45, 2.75) is 12.6 Å². The first-order chi connectivity index (χ1) is 8.78. The molecule has 0 bridgehead atoms. The summed E-state index contributed by atoms with van der Waals surface area (Å²) < 4.78 is 5.49. The highest BCUT2D eigenvalue weighted by Gasteiger charge is 2.24. The predicted octanol–water partition coefficient (Wildman–Crippen LogP) is 1.99. The van der Waals surface area contributed by atoms with Gasteiger partial charge in [0.1, 0.15) is 5.75 Å². The summed E-state index contributed by atoms with van der Waals surface area (Å²) in [5, 5.41) is 2.54. The number of ether oxygens (including phenoxy) is 1. The van der Waals surface area contributed by atoms with E-state index in [0.717, 1.165) is 25.4 Å². The average Bonchev–Trinajstić information content (AvgIpc) is 2.37. The molecular weight excluding hydrogens is 224 g/mol. The smallest absolute Gasteiger partial charge is 0.123 e. The Hall–Kier alpha value is -1.58. The second-order valence-corrected chi connectivity index (χ2v) is 4.92. The van der Waals surface area contributed by atoms with Crippen LogP contribution < -0.4 is 10.5 Å². The molecule has 0 aromatic heterocycles. The van der Waals surface area contributed by atoms with Gasteiger partial charge < -0.3 is 10.5 Å². The lowest BCUT2D eigenvalue weighted by Crippen LogP contribution is -2.54. The number of rotatable bonds is 3. The Morgan fingerprint density at radius 2 is 2.00 bits per heavy atom. The molecule has 18 heavy (non-hydrogen) atoms. The summed E-state index contributed by atoms with van der Waals surface area (Å²) in [5.41, 5.74) is 7.10. The lowest BCUT2D eigenvalue weighted by atomic mass is 10.0. The van der Waals surface area contributed by atoms with E-state index in [1.54, 1.807) is 7.11 Å². The maximum absolute atomic E-state index is 5.83. The van der Waals surface area contributed by atoms with Crippen LogP contribution in [0.25, 0.3) is 10.8 Å². The van der Waals surface area contributed by atoms with Crippen LogP contribution in [0.3, 0.4) is 0 Å². The lowest BCUT2D eigenvalue weighted by Gasteiger charge is -2.37. The molecule has 0 radical (unpaired) electrons. The zero-order valence-electron chi connectivity index (χ0n) is 10.6. The number of nitrogens with two attached hydrogens (primary N) is 1. The minimum absolute atomic E-state index is 0.339. The van der Waals surface area contributed by atoms with Gasteiger partial charge in [-0.2, -0.15) is 0 Å². The standard InChI is InChI=1S/C15H18N2O/c1-18-15-7-6-11-4-2-3-5-13(11)14(15)10-17-8-12(16)9-17/h2-7,12H,8-10,16H2,1H3. The van der Waals surface area contributed by atoms with Crippen LogP contribution in [0.2, 0.25) is 0 Å². The predicted molar refractivity (Wildman–Crippen MR) is 73.8 cm³/mol. The van der Waals surface area contributed by atoms with E-state index in [9.17, 15) is 0 Å². The topological polar surface area (TPSA) is 38.5 Å². The van der Waals surface area contributed by atoms with Crippen molar-refractivity contribution in [3.63, 3.8) is 0 Å². The number of likely N-dealkylation sites (tertiary alicyclic amines) is 1. The van der Waals surface area contributed by atoms with Gasteiger partial charge in [0.05, 0.1) is 7.11 Å². The van der Waals surface area contributed by atoms with E-state index < -0.39 is 0 Å². The molecular formula is C15H18N2O. The van der Waals surface area contributed by atoms with Crippen molar-refractivity contribution in [2.75, 3.05) is 20.2 Å². The normalized spacial score (nSPS) is 16.8. The van der Waals surface area contributed by atoms with Crippen LogP contribution in [0.5, 0.6) is 5.75 Å². The summed E-state index contributed by atoms with van der Waals surface area (Å²) in [5.74, 6) is 0.967. The fourth-order valence-electron chi connectivity index (χ4n) is 2.63. The quantitative estimate of drug-likeness (QED) is 0.894. The van der Waals surface area contributed by atoms with Crippen LogP contribution in [0.15, 0.2) is 36.4 Å². The fraction of sp³-hybridized carbons (Fsp3) is 0.333. The largest absolute Gasteiger partial charge is 0.496 e. The van der Waals surface area contributed by atoms with Crippen LogP contribution in [-0.4, -0.2) is 31.1 Å². The van der Waals surface area contributed by atoms with Gasteiger partial charge in [0, 0.05) is 31.2 Å². The first-order valence-electron chi connectivity index (χ1n) is 6.30. The molecule has 3 heteroatoms. The Balaban J connectivity index is 2.00. The van der Waals surface area contributed by atoms with Gasteiger partial charge in [-0.15, -0.1) is 0 Å². The first-order valence-corrected chi connectivity index (χ1v) is 6.30. The summed E-state index contributed by atoms with van der Waals surface area (Å²) in [7, 11) is 1.73. The molecule has 94 valence electrons. The monoisotopic (exact) mass is 242 g/mol. The minimum atomic E-state index is 0.339. The molecule has 0 unspecified atom stereocenters. The molecule has 3 rings (SSSR count). The van der Waals surface area contributed by atoms with Crippen LogP contribution in [0, 0.1) is 0 Å².